The molecule has 0 amide bonds. The van der Waals surface area contributed by atoms with Gasteiger partial charge in [-0.1, -0.05) is 24.3 Å². The van der Waals surface area contributed by atoms with Gasteiger partial charge in [0, 0.05) is 845 Å². The molecule has 0 saturated carbocycles. The van der Waals surface area contributed by atoms with Crippen molar-refractivity contribution in [3.63, 3.8) is 0 Å². The van der Waals surface area contributed by atoms with Crippen molar-refractivity contribution in [2.24, 2.45) is 0 Å². The molecule has 4 rings (SSSR count). The summed E-state index contributed by atoms with van der Waals surface area (Å²) < 4.78 is 3.09. The van der Waals surface area contributed by atoms with Gasteiger partial charge in [0.05, 0.1) is 0 Å². The number of fused-ring (bicyclic) bond motifs is 2. The van der Waals surface area contributed by atoms with E-state index in [4.69, 9.17) is 32.4 Å². The van der Waals surface area contributed by atoms with Crippen LogP contribution in [0.2, 0.25) is 0 Å². The molecule has 0 saturated heterocycles. The van der Waals surface area contributed by atoms with Gasteiger partial charge in [-0.25, -0.2) is 0 Å². The number of thiophene rings is 2. The Labute approximate surface area is 946 Å². The maximum atomic E-state index is 8.98. The largest absolute Gasteiger partial charge is 0.499 e. The summed E-state index contributed by atoms with van der Waals surface area (Å²) in [7, 11) is 163. The van der Waals surface area contributed by atoms with Gasteiger partial charge >= 0.3 is 7.12 Å². The van der Waals surface area contributed by atoms with Gasteiger partial charge in [0.25, 0.3) is 0 Å². The number of hydrogen-bond acceptors (Lipinski definition) is 6. The SMILES string of the molecule is Cc1cccc2sc(B(O)O)cc12.Cc1cccc2sccc12.S=S=S=S=S=S=S=S=S=S=S=S=S=S=S=S=S=S=S=S=S=S=S=S=S=S=S=S=S=S=S=S=S=S=S=S=S=S=S=S=S=S=S=S=S=S=S=S=S=S=S=S=S=S=S=S=S=S=S=S=S=S=S=S=S=S=S=S=S=S=S=S=S=S=S=S=S=S=S=S=S=S=S=S=S=S=S=S=S=S=S=S=S. The van der Waals surface area contributed by atoms with Crippen molar-refractivity contribution in [2.45, 2.75) is 13.8 Å². The maximum absolute atomic E-state index is 8.98. The van der Waals surface area contributed by atoms with Crippen LogP contribution in [0.5, 0.6) is 0 Å². The molecule has 0 aliphatic carbocycles. The number of rotatable bonds is 1. The monoisotopic (exact) mass is 3310 g/mol. The van der Waals surface area contributed by atoms with E-state index < -0.39 is 7.12 Å². The van der Waals surface area contributed by atoms with Crippen molar-refractivity contribution >= 4 is 885 Å². The van der Waals surface area contributed by atoms with E-state index in [1.54, 1.807) is 118 Å². The molecule has 2 nitrogen and oxygen atoms in total. The van der Waals surface area contributed by atoms with E-state index in [2.05, 4.69) is 36.6 Å². The molecule has 116 heavy (non-hydrogen) atoms. The molecule has 674 valence electrons. The predicted octanol–water partition coefficient (Wildman–Crippen LogP) is 3.88. The lowest BCUT2D eigenvalue weighted by molar-refractivity contribution is 0.427. The summed E-state index contributed by atoms with van der Waals surface area (Å²) in [5, 5.41) is 22.6. The highest BCUT2D eigenvalue weighted by atomic mass is 33.6. The average molecular weight is 3320 g/mol. The zero-order chi connectivity index (χ0) is 82.7. The summed E-state index contributed by atoms with van der Waals surface area (Å²) in [6.45, 7) is 4.16. The lowest BCUT2D eigenvalue weighted by Gasteiger charge is -1.91. The highest BCUT2D eigenvalue weighted by molar-refractivity contribution is 8.87. The summed E-state index contributed by atoms with van der Waals surface area (Å²) in [5.41, 5.74) is 2.54. The highest BCUT2D eigenvalue weighted by Gasteiger charge is 2.14. The van der Waals surface area contributed by atoms with E-state index in [9.17, 15) is 0 Å². The standard InChI is InChI=1S/C9H9BO2S.C9H8S.S93/c1-6-3-2-4-8-7(6)5-9(13-8)10(11)12;1-7-3-2-4-9-8(7)5-6-10-9;1-3-5-7-9-11-13-15-17-19-21-23-25-27-29-31-33-35-37-39-41-43-45-47-49-51-53-55-57-59-61-63-65-67-69-71-73-75-77-79-81-83-85-87-89-91-93-92-90-88-86-84-82-80-78-76-74-72-70-68-66-64-62-60-58-56-54-52-50-48-46-44-42-40-38-36-34-32-30-28-26-24-22-20-18-16-14-12-10-8-6-4-2/h2-5,11-12H,1H3;2-6H,1H3;. The Morgan fingerprint density at radius 3 is 0.509 bits per heavy atom. The van der Waals surface area contributed by atoms with E-state index in [1.165, 1.54) is 50.3 Å². The summed E-state index contributed by atoms with van der Waals surface area (Å²) in [4.78, 5) is 0. The minimum absolute atomic E-state index is 0.601. The smallest absolute Gasteiger partial charge is 0.423 e. The highest BCUT2D eigenvalue weighted by Crippen LogP contribution is 2.23. The summed E-state index contributed by atoms with van der Waals surface area (Å²) in [5.74, 6) is 0. The van der Waals surface area contributed by atoms with Crippen LogP contribution in [0.4, 0.5) is 0 Å². The van der Waals surface area contributed by atoms with Crippen LogP contribution in [0, 0.1) is 13.8 Å². The third kappa shape index (κ3) is 96.3. The molecular formula is C18H17BO2S95. The molecular weight excluding hydrogens is 3310 g/mol. The zero-order valence-corrected chi connectivity index (χ0v) is 129. The van der Waals surface area contributed by atoms with E-state index in [0.29, 0.717) is 4.78 Å². The Morgan fingerprint density at radius 2 is 0.362 bits per heavy atom. The first kappa shape index (κ1) is 131. The first-order chi connectivity index (χ1) is 57.5. The second-order valence-corrected chi connectivity index (χ2v) is 175. The molecule has 0 radical (unpaired) electrons. The van der Waals surface area contributed by atoms with Gasteiger partial charge in [0.2, 0.25) is 0 Å². The van der Waals surface area contributed by atoms with Crippen LogP contribution >= 0.6 is 22.7 Å². The van der Waals surface area contributed by atoms with Crippen LogP contribution in [0.3, 0.4) is 0 Å². The fourth-order valence-electron chi connectivity index (χ4n) is 3.51. The molecule has 2 aromatic carbocycles. The summed E-state index contributed by atoms with van der Waals surface area (Å²) in [6.07, 6.45) is 0. The van der Waals surface area contributed by atoms with Crippen molar-refractivity contribution in [1.29, 1.82) is 0 Å². The molecule has 98 heteroatoms. The lowest BCUT2D eigenvalue weighted by atomic mass is 9.89. The zero-order valence-electron chi connectivity index (χ0n) is 51.0. The van der Waals surface area contributed by atoms with Crippen molar-refractivity contribution in [3.05, 3.63) is 65.0 Å². The third-order valence-corrected chi connectivity index (χ3v) is 208. The van der Waals surface area contributed by atoms with Gasteiger partial charge in [-0.2, -0.15) is 0 Å². The molecule has 2 aromatic heterocycles. The second kappa shape index (κ2) is 113. The molecule has 0 fully saturated rings. The van der Waals surface area contributed by atoms with Crippen LogP contribution in [0.1, 0.15) is 11.1 Å². The molecule has 2 heterocycles. The summed E-state index contributed by atoms with van der Waals surface area (Å²) in [6, 6.07) is 16.4. The van der Waals surface area contributed by atoms with E-state index in [0.717, 1.165) is 10.1 Å². The van der Waals surface area contributed by atoms with Gasteiger partial charge in [0.1, 0.15) is 0 Å². The molecule has 4 aromatic rings. The van der Waals surface area contributed by atoms with E-state index in [-0.39, 0.29) is 0 Å². The molecule has 0 spiro atoms. The van der Waals surface area contributed by atoms with Gasteiger partial charge in [-0.3, -0.25) is 0 Å². The van der Waals surface area contributed by atoms with Gasteiger partial charge in [0.15, 0.2) is 0 Å². The van der Waals surface area contributed by atoms with Crippen molar-refractivity contribution in [1.82, 2.24) is 0 Å². The third-order valence-electron chi connectivity index (χ3n) is 6.27. The summed E-state index contributed by atoms with van der Waals surface area (Å²) >= 11 is 12.9. The number of benzene rings is 2. The minimum atomic E-state index is -1.35. The second-order valence-electron chi connectivity index (χ2n) is 11.6. The molecule has 0 bridgehead atoms. The Hall–Kier alpha value is 18.8. The molecule has 0 atom stereocenters. The van der Waals surface area contributed by atoms with Crippen LogP contribution in [-0.4, -0.2) is 17.2 Å². The van der Waals surface area contributed by atoms with Crippen LogP contribution in [-0.2, 0) is 831 Å². The van der Waals surface area contributed by atoms with E-state index in [1.807, 2.05) is 715 Å². The van der Waals surface area contributed by atoms with Gasteiger partial charge in [-0.05, 0) is 65.4 Å². The van der Waals surface area contributed by atoms with Crippen LogP contribution in [0.15, 0.2) is 53.9 Å². The van der Waals surface area contributed by atoms with Gasteiger partial charge in [-0.15, -0.1) is 22.7 Å². The first-order valence-corrected chi connectivity index (χ1v) is 147. The topological polar surface area (TPSA) is 40.5 Å². The Kier molecular flexibility index (Phi) is 127. The minimum Gasteiger partial charge on any atom is -0.423 e. The molecule has 0 unspecified atom stereocenters. The predicted molar refractivity (Wildman–Crippen MR) is 788 cm³/mol. The van der Waals surface area contributed by atoms with Crippen molar-refractivity contribution < 1.29 is 10.0 Å². The fraction of sp³-hybridized carbons (Fsp3) is 0.111. The Morgan fingerprint density at radius 1 is 0.207 bits per heavy atom. The maximum Gasteiger partial charge on any atom is 0.499 e. The number of hydrogen-bond donors (Lipinski definition) is 2. The van der Waals surface area contributed by atoms with Crippen molar-refractivity contribution in [2.75, 3.05) is 0 Å². The quantitative estimate of drug-likeness (QED) is 0.285. The first-order valence-electron chi connectivity index (χ1n) is 22.7. The van der Waals surface area contributed by atoms with Gasteiger partial charge < -0.3 is 10.0 Å². The van der Waals surface area contributed by atoms with Crippen LogP contribution < -0.4 is 4.78 Å². The Balaban J connectivity index is 0.00000165. The van der Waals surface area contributed by atoms with E-state index >= 15 is 0 Å². The lowest BCUT2D eigenvalue weighted by Crippen LogP contribution is -2.26. The van der Waals surface area contributed by atoms with Crippen molar-refractivity contribution in [3.8, 4) is 0 Å². The molecule has 0 aliphatic heterocycles. The number of aryl methyl sites for hydroxylation is 2. The molecule has 2 N–H and O–H groups in total. The molecule has 0 aliphatic rings. The van der Waals surface area contributed by atoms with Crippen LogP contribution in [0.25, 0.3) is 20.2 Å². The normalized spacial score (nSPS) is 8.41. The fourth-order valence-corrected chi connectivity index (χ4v) is 250. The average Bonchev–Trinajstić information content (AvgIpc) is 1.70. The Bertz CT molecular complexity index is 8530.